The van der Waals surface area contributed by atoms with Crippen LogP contribution >= 0.6 is 12.2 Å². The zero-order valence-corrected chi connectivity index (χ0v) is 16.8. The number of aliphatic imine (C=N–C) groups is 1. The third-order valence-electron chi connectivity index (χ3n) is 4.89. The van der Waals surface area contributed by atoms with Gasteiger partial charge in [-0.05, 0) is 24.6 Å². The predicted octanol–water partition coefficient (Wildman–Crippen LogP) is 4.60. The van der Waals surface area contributed by atoms with E-state index in [2.05, 4.69) is 0 Å². The Morgan fingerprint density at radius 2 is 1.48 bits per heavy atom. The normalized spacial score (nSPS) is 18.4. The summed E-state index contributed by atoms with van der Waals surface area (Å²) in [6.07, 6.45) is 0. The van der Waals surface area contributed by atoms with Crippen LogP contribution < -0.4 is 4.74 Å². The van der Waals surface area contributed by atoms with Crippen molar-refractivity contribution in [2.24, 2.45) is 4.99 Å². The number of para-hydroxylation sites is 1. The van der Waals surface area contributed by atoms with Gasteiger partial charge in [-0.3, -0.25) is 9.69 Å². The molecule has 0 fully saturated rings. The molecule has 0 radical (unpaired) electrons. The second-order valence-electron chi connectivity index (χ2n) is 6.85. The first-order valence-electron chi connectivity index (χ1n) is 9.35. The van der Waals surface area contributed by atoms with Crippen molar-refractivity contribution in [1.29, 1.82) is 0 Å². The number of amides is 1. The molecular weight excluding hydrogens is 380 g/mol. The highest BCUT2D eigenvalue weighted by atomic mass is 32.1. The topological polar surface area (TPSA) is 41.9 Å². The average Bonchev–Trinajstić information content (AvgIpc) is 3.06. The van der Waals surface area contributed by atoms with E-state index in [1.54, 1.807) is 4.90 Å². The van der Waals surface area contributed by atoms with Gasteiger partial charge in [-0.1, -0.05) is 91.1 Å². The fourth-order valence-electron chi connectivity index (χ4n) is 3.43. The lowest BCUT2D eigenvalue weighted by Gasteiger charge is -2.33. The van der Waals surface area contributed by atoms with Gasteiger partial charge in [0.1, 0.15) is 16.4 Å². The van der Waals surface area contributed by atoms with Crippen molar-refractivity contribution in [2.75, 3.05) is 6.61 Å². The van der Waals surface area contributed by atoms with Gasteiger partial charge in [0.25, 0.3) is 5.91 Å². The van der Waals surface area contributed by atoms with Gasteiger partial charge in [0.05, 0.1) is 0 Å². The summed E-state index contributed by atoms with van der Waals surface area (Å²) in [4.78, 5) is 20.1. The van der Waals surface area contributed by atoms with Gasteiger partial charge in [-0.25, -0.2) is 4.99 Å². The zero-order valence-electron chi connectivity index (χ0n) is 16.0. The van der Waals surface area contributed by atoms with E-state index < -0.39 is 5.66 Å². The highest BCUT2D eigenvalue weighted by Crippen LogP contribution is 2.37. The Hall–Kier alpha value is -3.31. The average molecular weight is 401 g/mol. The number of hydrogen-bond acceptors (Lipinski definition) is 4. The highest BCUT2D eigenvalue weighted by molar-refractivity contribution is 7.82. The van der Waals surface area contributed by atoms with Gasteiger partial charge >= 0.3 is 0 Å². The highest BCUT2D eigenvalue weighted by Gasteiger charge is 2.46. The van der Waals surface area contributed by atoms with Crippen LogP contribution in [0.3, 0.4) is 0 Å². The van der Waals surface area contributed by atoms with Crippen LogP contribution in [0.5, 0.6) is 5.75 Å². The number of nitrogens with zero attached hydrogens (tertiary/aromatic N) is 2. The molecule has 0 aliphatic carbocycles. The SMILES string of the molecule is CC1(c2ccccc2)N=C(c2ccccc2)C(=S)N1C(=O)COc1ccccc1. The minimum atomic E-state index is -0.930. The van der Waals surface area contributed by atoms with Crippen LogP contribution in [0.2, 0.25) is 0 Å². The van der Waals surface area contributed by atoms with E-state index in [9.17, 15) is 4.79 Å². The van der Waals surface area contributed by atoms with E-state index in [0.717, 1.165) is 11.1 Å². The summed E-state index contributed by atoms with van der Waals surface area (Å²) in [5.74, 6) is 0.400. The summed E-state index contributed by atoms with van der Waals surface area (Å²) < 4.78 is 5.70. The molecule has 1 heterocycles. The summed E-state index contributed by atoms with van der Waals surface area (Å²) in [5.41, 5.74) is 1.49. The fraction of sp³-hybridized carbons (Fsp3) is 0.125. The maximum atomic E-state index is 13.2. The number of ether oxygens (including phenoxy) is 1. The van der Waals surface area contributed by atoms with Crippen LogP contribution in [-0.4, -0.2) is 28.1 Å². The van der Waals surface area contributed by atoms with Gasteiger partial charge < -0.3 is 4.74 Å². The molecule has 1 aliphatic rings. The summed E-state index contributed by atoms with van der Waals surface area (Å²) in [7, 11) is 0. The first kappa shape index (κ1) is 19.0. The molecule has 0 N–H and O–H groups in total. The Kier molecular flexibility index (Phi) is 5.23. The Morgan fingerprint density at radius 1 is 0.931 bits per heavy atom. The summed E-state index contributed by atoms with van der Waals surface area (Å²) in [6, 6.07) is 28.7. The first-order valence-corrected chi connectivity index (χ1v) is 9.76. The number of carbonyl (C=O) groups excluding carboxylic acids is 1. The smallest absolute Gasteiger partial charge is 0.267 e. The Morgan fingerprint density at radius 3 is 2.10 bits per heavy atom. The molecule has 1 amide bonds. The third-order valence-corrected chi connectivity index (χ3v) is 5.27. The Labute approximate surface area is 175 Å². The van der Waals surface area contributed by atoms with Crippen molar-refractivity contribution in [3.63, 3.8) is 0 Å². The number of rotatable bonds is 5. The van der Waals surface area contributed by atoms with Crippen LogP contribution in [0.1, 0.15) is 18.1 Å². The number of thiocarbonyl (C=S) groups is 1. The van der Waals surface area contributed by atoms with Crippen molar-refractivity contribution in [3.05, 3.63) is 102 Å². The quantitative estimate of drug-likeness (QED) is 0.588. The molecule has 3 aromatic carbocycles. The van der Waals surface area contributed by atoms with Crippen molar-refractivity contribution in [1.82, 2.24) is 4.90 Å². The monoisotopic (exact) mass is 400 g/mol. The zero-order chi connectivity index (χ0) is 20.3. The Balaban J connectivity index is 1.69. The lowest BCUT2D eigenvalue weighted by atomic mass is 10.0. The number of carbonyl (C=O) groups is 1. The van der Waals surface area contributed by atoms with Crippen molar-refractivity contribution >= 4 is 28.8 Å². The molecule has 29 heavy (non-hydrogen) atoms. The van der Waals surface area contributed by atoms with Gasteiger partial charge in [-0.15, -0.1) is 0 Å². The van der Waals surface area contributed by atoms with Crippen LogP contribution in [0.4, 0.5) is 0 Å². The summed E-state index contributed by atoms with van der Waals surface area (Å²) in [6.45, 7) is 1.79. The second kappa shape index (κ2) is 7.97. The van der Waals surface area contributed by atoms with Gasteiger partial charge in [-0.2, -0.15) is 0 Å². The standard InChI is InChI=1S/C24H20N2O2S/c1-24(19-13-7-3-8-14-19)25-22(18-11-5-2-6-12-18)23(29)26(24)21(27)17-28-20-15-9-4-10-16-20/h2-16H,17H2,1H3. The molecular formula is C24H20N2O2S. The van der Waals surface area contributed by atoms with E-state index >= 15 is 0 Å². The van der Waals surface area contributed by atoms with E-state index in [1.807, 2.05) is 97.9 Å². The third kappa shape index (κ3) is 3.69. The van der Waals surface area contributed by atoms with Crippen LogP contribution in [-0.2, 0) is 10.5 Å². The lowest BCUT2D eigenvalue weighted by Crippen LogP contribution is -2.48. The molecule has 4 nitrogen and oxygen atoms in total. The number of hydrogen-bond donors (Lipinski definition) is 0. The molecule has 0 aromatic heterocycles. The first-order chi connectivity index (χ1) is 14.1. The molecule has 3 aromatic rings. The maximum absolute atomic E-state index is 13.2. The predicted molar refractivity (Wildman–Crippen MR) is 118 cm³/mol. The molecule has 0 saturated carbocycles. The van der Waals surface area contributed by atoms with Gasteiger partial charge in [0.2, 0.25) is 0 Å². The molecule has 144 valence electrons. The van der Waals surface area contributed by atoms with Gasteiger partial charge in [0.15, 0.2) is 12.3 Å². The molecule has 0 spiro atoms. The largest absolute Gasteiger partial charge is 0.484 e. The fourth-order valence-corrected chi connectivity index (χ4v) is 3.88. The van der Waals surface area contributed by atoms with Crippen molar-refractivity contribution in [2.45, 2.75) is 12.6 Å². The minimum Gasteiger partial charge on any atom is -0.484 e. The van der Waals surface area contributed by atoms with Crippen molar-refractivity contribution in [3.8, 4) is 5.75 Å². The molecule has 1 unspecified atom stereocenters. The lowest BCUT2D eigenvalue weighted by molar-refractivity contribution is -0.133. The van der Waals surface area contributed by atoms with E-state index in [4.69, 9.17) is 21.9 Å². The molecule has 0 bridgehead atoms. The van der Waals surface area contributed by atoms with E-state index in [0.29, 0.717) is 16.4 Å². The van der Waals surface area contributed by atoms with Gasteiger partial charge in [0, 0.05) is 5.56 Å². The molecule has 4 rings (SSSR count). The maximum Gasteiger partial charge on any atom is 0.267 e. The number of benzene rings is 3. The summed E-state index contributed by atoms with van der Waals surface area (Å²) in [5, 5.41) is 0. The van der Waals surface area contributed by atoms with Crippen LogP contribution in [0, 0.1) is 0 Å². The molecule has 5 heteroatoms. The van der Waals surface area contributed by atoms with E-state index in [1.165, 1.54) is 0 Å². The Bertz CT molecular complexity index is 1050. The van der Waals surface area contributed by atoms with Crippen LogP contribution in [0.25, 0.3) is 0 Å². The molecule has 1 atom stereocenters. The van der Waals surface area contributed by atoms with E-state index in [-0.39, 0.29) is 12.5 Å². The minimum absolute atomic E-state index is 0.121. The molecule has 0 saturated heterocycles. The second-order valence-corrected chi connectivity index (χ2v) is 7.24. The summed E-state index contributed by atoms with van der Waals surface area (Å²) >= 11 is 5.72. The molecule has 1 aliphatic heterocycles. The van der Waals surface area contributed by atoms with Crippen LogP contribution in [0.15, 0.2) is 96.0 Å². The van der Waals surface area contributed by atoms with Crippen molar-refractivity contribution < 1.29 is 9.53 Å².